The first-order valence-corrected chi connectivity index (χ1v) is 6.70. The van der Waals surface area contributed by atoms with Crippen LogP contribution in [0.3, 0.4) is 0 Å². The number of carbonyl (C=O) groups excluding carboxylic acids is 1. The van der Waals surface area contributed by atoms with E-state index in [0.717, 1.165) is 19.3 Å². The second-order valence-electron chi connectivity index (χ2n) is 6.41. The topological polar surface area (TPSA) is 55.1 Å². The third-order valence-corrected chi connectivity index (χ3v) is 3.40. The summed E-state index contributed by atoms with van der Waals surface area (Å²) in [6.07, 6.45) is 2.94. The van der Waals surface area contributed by atoms with E-state index in [9.17, 15) is 4.79 Å². The molecule has 0 heterocycles. The number of amides is 1. The van der Waals surface area contributed by atoms with Gasteiger partial charge in [-0.05, 0) is 32.1 Å². The van der Waals surface area contributed by atoms with Crippen LogP contribution >= 0.6 is 0 Å². The quantitative estimate of drug-likeness (QED) is 0.752. The van der Waals surface area contributed by atoms with E-state index in [1.807, 2.05) is 13.8 Å². The highest BCUT2D eigenvalue weighted by atomic mass is 16.1. The van der Waals surface area contributed by atoms with E-state index in [2.05, 4.69) is 33.0 Å². The molecule has 1 amide bonds. The lowest BCUT2D eigenvalue weighted by Gasteiger charge is -2.29. The molecule has 0 spiro atoms. The van der Waals surface area contributed by atoms with Crippen LogP contribution in [-0.2, 0) is 4.79 Å². The van der Waals surface area contributed by atoms with E-state index in [-0.39, 0.29) is 29.3 Å². The van der Waals surface area contributed by atoms with Crippen molar-refractivity contribution in [2.45, 2.75) is 72.9 Å². The molecule has 3 N–H and O–H groups in total. The summed E-state index contributed by atoms with van der Waals surface area (Å²) in [5, 5.41) is 3.09. The number of carbonyl (C=O) groups is 1. The van der Waals surface area contributed by atoms with Gasteiger partial charge in [-0.25, -0.2) is 0 Å². The lowest BCUT2D eigenvalue weighted by Crippen LogP contribution is -2.43. The van der Waals surface area contributed by atoms with E-state index in [1.54, 1.807) is 0 Å². The third kappa shape index (κ3) is 7.37. The molecule has 0 saturated carbocycles. The predicted octanol–water partition coefficient (Wildman–Crippen LogP) is 2.69. The minimum atomic E-state index is 0.0820. The number of nitrogens with one attached hydrogen (secondary N) is 1. The van der Waals surface area contributed by atoms with Crippen molar-refractivity contribution in [2.24, 2.45) is 17.1 Å². The van der Waals surface area contributed by atoms with Crippen molar-refractivity contribution >= 4 is 5.91 Å². The highest BCUT2D eigenvalue weighted by Crippen LogP contribution is 2.19. The molecule has 0 aliphatic heterocycles. The average Bonchev–Trinajstić information content (AvgIpc) is 2.15. The zero-order valence-electron chi connectivity index (χ0n) is 12.3. The Morgan fingerprint density at radius 1 is 1.18 bits per heavy atom. The monoisotopic (exact) mass is 242 g/mol. The predicted molar refractivity (Wildman–Crippen MR) is 73.7 cm³/mol. The zero-order valence-corrected chi connectivity index (χ0v) is 12.3. The molecule has 0 bridgehead atoms. The summed E-state index contributed by atoms with van der Waals surface area (Å²) >= 11 is 0. The fourth-order valence-corrected chi connectivity index (χ4v) is 1.45. The number of rotatable bonds is 6. The molecule has 3 nitrogen and oxygen atoms in total. The van der Waals surface area contributed by atoms with Crippen molar-refractivity contribution in [3.05, 3.63) is 0 Å². The summed E-state index contributed by atoms with van der Waals surface area (Å²) < 4.78 is 0. The first-order chi connectivity index (χ1) is 7.64. The molecule has 0 radical (unpaired) electrons. The summed E-state index contributed by atoms with van der Waals surface area (Å²) in [5.74, 6) is 0.246. The molecule has 102 valence electrons. The van der Waals surface area contributed by atoms with Crippen molar-refractivity contribution in [2.75, 3.05) is 0 Å². The van der Waals surface area contributed by atoms with Crippen LogP contribution in [0, 0.1) is 11.3 Å². The molecule has 0 aromatic heterocycles. The average molecular weight is 242 g/mol. The van der Waals surface area contributed by atoms with Gasteiger partial charge in [0.25, 0.3) is 0 Å². The van der Waals surface area contributed by atoms with Crippen LogP contribution in [0.2, 0.25) is 0 Å². The van der Waals surface area contributed by atoms with Gasteiger partial charge in [0.05, 0.1) is 0 Å². The highest BCUT2D eigenvalue weighted by Gasteiger charge is 2.23. The number of hydrogen-bond donors (Lipinski definition) is 2. The largest absolute Gasteiger partial charge is 0.353 e. The van der Waals surface area contributed by atoms with Crippen LogP contribution < -0.4 is 11.1 Å². The van der Waals surface area contributed by atoms with Gasteiger partial charge in [-0.15, -0.1) is 0 Å². The zero-order chi connectivity index (χ0) is 13.6. The van der Waals surface area contributed by atoms with Gasteiger partial charge in [-0.1, -0.05) is 34.1 Å². The summed E-state index contributed by atoms with van der Waals surface area (Å²) in [4.78, 5) is 11.9. The Hall–Kier alpha value is -0.570. The minimum absolute atomic E-state index is 0.0820. The summed E-state index contributed by atoms with van der Waals surface area (Å²) in [6.45, 7) is 12.5. The third-order valence-electron chi connectivity index (χ3n) is 3.40. The van der Waals surface area contributed by atoms with Gasteiger partial charge in [0, 0.05) is 18.0 Å². The Balaban J connectivity index is 3.98. The van der Waals surface area contributed by atoms with E-state index in [0.29, 0.717) is 0 Å². The first-order valence-electron chi connectivity index (χ1n) is 6.70. The van der Waals surface area contributed by atoms with Crippen molar-refractivity contribution < 1.29 is 4.79 Å². The molecular formula is C14H30N2O. The lowest BCUT2D eigenvalue weighted by molar-refractivity contribution is -0.126. The maximum atomic E-state index is 11.9. The van der Waals surface area contributed by atoms with Crippen LogP contribution in [-0.4, -0.2) is 18.0 Å². The molecule has 0 rings (SSSR count). The standard InChI is InChI=1S/C14H30N2O/c1-10(8-7-9-11(2)15)13(17)16-12(3)14(4,5)6/h10-12H,7-9,15H2,1-6H3,(H,16,17). The van der Waals surface area contributed by atoms with E-state index in [4.69, 9.17) is 5.73 Å². The van der Waals surface area contributed by atoms with Gasteiger partial charge in [0.15, 0.2) is 0 Å². The summed E-state index contributed by atoms with van der Waals surface area (Å²) in [5.41, 5.74) is 5.80. The fraction of sp³-hybridized carbons (Fsp3) is 0.929. The maximum Gasteiger partial charge on any atom is 0.223 e. The van der Waals surface area contributed by atoms with Gasteiger partial charge >= 0.3 is 0 Å². The second-order valence-corrected chi connectivity index (χ2v) is 6.41. The molecule has 0 fully saturated rings. The second kappa shape index (κ2) is 7.00. The van der Waals surface area contributed by atoms with Crippen LogP contribution in [0.25, 0.3) is 0 Å². The van der Waals surface area contributed by atoms with Crippen molar-refractivity contribution in [1.82, 2.24) is 5.32 Å². The molecule has 17 heavy (non-hydrogen) atoms. The smallest absolute Gasteiger partial charge is 0.223 e. The minimum Gasteiger partial charge on any atom is -0.353 e. The summed E-state index contributed by atoms with van der Waals surface area (Å²) in [7, 11) is 0. The first kappa shape index (κ1) is 16.4. The van der Waals surface area contributed by atoms with E-state index in [1.165, 1.54) is 0 Å². The lowest BCUT2D eigenvalue weighted by atomic mass is 9.87. The highest BCUT2D eigenvalue weighted by molar-refractivity contribution is 5.78. The van der Waals surface area contributed by atoms with Gasteiger partial charge in [0.2, 0.25) is 5.91 Å². The van der Waals surface area contributed by atoms with E-state index >= 15 is 0 Å². The Bertz CT molecular complexity index is 231. The van der Waals surface area contributed by atoms with Crippen LogP contribution in [0.4, 0.5) is 0 Å². The fourth-order valence-electron chi connectivity index (χ4n) is 1.45. The molecular weight excluding hydrogens is 212 g/mol. The number of nitrogens with two attached hydrogens (primary N) is 1. The SMILES string of the molecule is CC(N)CCCC(C)C(=O)NC(C)C(C)(C)C. The molecule has 3 heteroatoms. The Morgan fingerprint density at radius 3 is 2.12 bits per heavy atom. The maximum absolute atomic E-state index is 11.9. The molecule has 0 aromatic carbocycles. The molecule has 0 aromatic rings. The van der Waals surface area contributed by atoms with Crippen molar-refractivity contribution in [3.63, 3.8) is 0 Å². The van der Waals surface area contributed by atoms with Gasteiger partial charge in [-0.2, -0.15) is 0 Å². The molecule has 3 unspecified atom stereocenters. The molecule has 3 atom stereocenters. The van der Waals surface area contributed by atoms with Crippen molar-refractivity contribution in [3.8, 4) is 0 Å². The van der Waals surface area contributed by atoms with E-state index < -0.39 is 0 Å². The Kier molecular flexibility index (Phi) is 6.76. The molecule has 0 aliphatic rings. The Labute approximate surface area is 107 Å². The molecule has 0 aliphatic carbocycles. The van der Waals surface area contributed by atoms with Crippen LogP contribution in [0.15, 0.2) is 0 Å². The normalized spacial score (nSPS) is 17.4. The summed E-state index contributed by atoms with van der Waals surface area (Å²) in [6, 6.07) is 0.435. The van der Waals surface area contributed by atoms with Gasteiger partial charge in [0.1, 0.15) is 0 Å². The van der Waals surface area contributed by atoms with Crippen molar-refractivity contribution in [1.29, 1.82) is 0 Å². The molecule has 0 saturated heterocycles. The van der Waals surface area contributed by atoms with Crippen LogP contribution in [0.5, 0.6) is 0 Å². The van der Waals surface area contributed by atoms with Crippen LogP contribution in [0.1, 0.15) is 60.8 Å². The van der Waals surface area contributed by atoms with Gasteiger partial charge in [-0.3, -0.25) is 4.79 Å². The number of hydrogen-bond acceptors (Lipinski definition) is 2. The van der Waals surface area contributed by atoms with Gasteiger partial charge < -0.3 is 11.1 Å². The Morgan fingerprint density at radius 2 is 1.71 bits per heavy atom.